The largest absolute Gasteiger partial charge is 0.491 e. The number of primary amides is 1. The molecule has 1 rings (SSSR count). The Morgan fingerprint density at radius 2 is 2.20 bits per heavy atom. The van der Waals surface area contributed by atoms with Crippen molar-refractivity contribution in [2.75, 3.05) is 6.61 Å². The number of nitrogens with two attached hydrogens (primary N) is 2. The molecule has 0 aliphatic heterocycles. The van der Waals surface area contributed by atoms with E-state index in [0.29, 0.717) is 17.3 Å². The van der Waals surface area contributed by atoms with E-state index in [2.05, 4.69) is 0 Å². The molecule has 1 amide bonds. The lowest BCUT2D eigenvalue weighted by Crippen LogP contribution is -2.14. The van der Waals surface area contributed by atoms with Crippen LogP contribution in [0.5, 0.6) is 5.75 Å². The van der Waals surface area contributed by atoms with E-state index in [-0.39, 0.29) is 13.0 Å². The summed E-state index contributed by atoms with van der Waals surface area (Å²) in [5, 5.41) is 0.488. The summed E-state index contributed by atoms with van der Waals surface area (Å²) in [6, 6.07) is 5.29. The first-order valence-electron chi connectivity index (χ1n) is 4.53. The van der Waals surface area contributed by atoms with Crippen LogP contribution in [0.3, 0.4) is 0 Å². The van der Waals surface area contributed by atoms with Crippen LogP contribution in [0.25, 0.3) is 0 Å². The van der Waals surface area contributed by atoms with Crippen molar-refractivity contribution in [2.24, 2.45) is 11.5 Å². The van der Waals surface area contributed by atoms with Crippen molar-refractivity contribution in [3.63, 3.8) is 0 Å². The molecule has 0 heterocycles. The zero-order valence-corrected chi connectivity index (χ0v) is 8.96. The number of halogens is 1. The maximum Gasteiger partial charge on any atom is 0.220 e. The number of benzene rings is 1. The van der Waals surface area contributed by atoms with Gasteiger partial charge in [0.25, 0.3) is 0 Å². The maximum atomic E-state index is 10.5. The molecule has 0 aromatic heterocycles. The fraction of sp³-hybridized carbons (Fsp3) is 0.300. The Morgan fingerprint density at radius 3 is 2.73 bits per heavy atom. The highest BCUT2D eigenvalue weighted by Gasteiger charge is 2.03. The fourth-order valence-electron chi connectivity index (χ4n) is 1.05. The summed E-state index contributed by atoms with van der Waals surface area (Å²) in [5.74, 6) is 0.139. The van der Waals surface area contributed by atoms with Crippen molar-refractivity contribution in [3.8, 4) is 5.75 Å². The highest BCUT2D eigenvalue weighted by atomic mass is 35.5. The number of rotatable bonds is 5. The van der Waals surface area contributed by atoms with Gasteiger partial charge in [0.2, 0.25) is 5.91 Å². The van der Waals surface area contributed by atoms with Gasteiger partial charge < -0.3 is 16.2 Å². The predicted molar refractivity (Wildman–Crippen MR) is 58.6 cm³/mol. The molecule has 5 heteroatoms. The molecule has 15 heavy (non-hydrogen) atoms. The second-order valence-electron chi connectivity index (χ2n) is 3.03. The third-order valence-corrected chi connectivity index (χ3v) is 2.13. The summed E-state index contributed by atoms with van der Waals surface area (Å²) < 4.78 is 5.27. The minimum Gasteiger partial charge on any atom is -0.491 e. The summed E-state index contributed by atoms with van der Waals surface area (Å²) in [6.45, 7) is 0.665. The highest BCUT2D eigenvalue weighted by molar-refractivity contribution is 6.32. The SMILES string of the molecule is NCc1ccc(OCCC(N)=O)c(Cl)c1. The van der Waals surface area contributed by atoms with Crippen molar-refractivity contribution >= 4 is 17.5 Å². The van der Waals surface area contributed by atoms with Crippen LogP contribution in [0.4, 0.5) is 0 Å². The molecule has 82 valence electrons. The van der Waals surface area contributed by atoms with Gasteiger partial charge in [0, 0.05) is 6.54 Å². The second kappa shape index (κ2) is 5.58. The van der Waals surface area contributed by atoms with E-state index in [1.54, 1.807) is 12.1 Å². The minimum absolute atomic E-state index is 0.176. The van der Waals surface area contributed by atoms with Crippen LogP contribution in [-0.4, -0.2) is 12.5 Å². The second-order valence-corrected chi connectivity index (χ2v) is 3.44. The van der Waals surface area contributed by atoms with Crippen molar-refractivity contribution in [1.29, 1.82) is 0 Å². The lowest BCUT2D eigenvalue weighted by molar-refractivity contribution is -0.118. The molecular formula is C10H13ClN2O2. The van der Waals surface area contributed by atoms with Gasteiger partial charge in [-0.3, -0.25) is 4.79 Å². The molecule has 0 bridgehead atoms. The van der Waals surface area contributed by atoms with E-state index < -0.39 is 5.91 Å². The number of ether oxygens (including phenoxy) is 1. The number of carbonyl (C=O) groups is 1. The topological polar surface area (TPSA) is 78.3 Å². The number of hydrogen-bond donors (Lipinski definition) is 2. The third-order valence-electron chi connectivity index (χ3n) is 1.84. The Morgan fingerprint density at radius 1 is 1.47 bits per heavy atom. The molecule has 0 radical (unpaired) electrons. The van der Waals surface area contributed by atoms with E-state index in [0.717, 1.165) is 5.56 Å². The summed E-state index contributed by atoms with van der Waals surface area (Å²) >= 11 is 5.93. The van der Waals surface area contributed by atoms with Gasteiger partial charge in [-0.2, -0.15) is 0 Å². The average molecular weight is 229 g/mol. The van der Waals surface area contributed by atoms with Crippen LogP contribution in [0.15, 0.2) is 18.2 Å². The van der Waals surface area contributed by atoms with Crippen LogP contribution in [0.1, 0.15) is 12.0 Å². The highest BCUT2D eigenvalue weighted by Crippen LogP contribution is 2.25. The summed E-state index contributed by atoms with van der Waals surface area (Å²) in [4.78, 5) is 10.5. The van der Waals surface area contributed by atoms with Crippen molar-refractivity contribution in [2.45, 2.75) is 13.0 Å². The van der Waals surface area contributed by atoms with E-state index in [4.69, 9.17) is 27.8 Å². The summed E-state index contributed by atoms with van der Waals surface area (Å²) in [7, 11) is 0. The van der Waals surface area contributed by atoms with E-state index in [1.807, 2.05) is 6.07 Å². The van der Waals surface area contributed by atoms with Crippen LogP contribution < -0.4 is 16.2 Å². The van der Waals surface area contributed by atoms with Gasteiger partial charge >= 0.3 is 0 Å². The lowest BCUT2D eigenvalue weighted by atomic mass is 10.2. The Hall–Kier alpha value is -1.26. The van der Waals surface area contributed by atoms with Crippen molar-refractivity contribution in [3.05, 3.63) is 28.8 Å². The Kier molecular flexibility index (Phi) is 4.39. The number of hydrogen-bond acceptors (Lipinski definition) is 3. The third kappa shape index (κ3) is 3.77. The molecule has 0 aliphatic carbocycles. The Labute approximate surface area is 93.1 Å². The lowest BCUT2D eigenvalue weighted by Gasteiger charge is -2.07. The predicted octanol–water partition coefficient (Wildman–Crippen LogP) is 1.05. The van der Waals surface area contributed by atoms with Gasteiger partial charge in [0.05, 0.1) is 18.1 Å². The normalized spacial score (nSPS) is 10.0. The molecule has 4 nitrogen and oxygen atoms in total. The minimum atomic E-state index is -0.398. The molecule has 1 aromatic rings. The van der Waals surface area contributed by atoms with Gasteiger partial charge in [0.15, 0.2) is 0 Å². The summed E-state index contributed by atoms with van der Waals surface area (Å²) in [6.07, 6.45) is 0.176. The molecule has 4 N–H and O–H groups in total. The van der Waals surface area contributed by atoms with Crippen molar-refractivity contribution in [1.82, 2.24) is 0 Å². The van der Waals surface area contributed by atoms with Gasteiger partial charge in [-0.15, -0.1) is 0 Å². The molecule has 0 fully saturated rings. The quantitative estimate of drug-likeness (QED) is 0.791. The maximum absolute atomic E-state index is 10.5. The van der Waals surface area contributed by atoms with Gasteiger partial charge in [-0.05, 0) is 17.7 Å². The Bertz CT molecular complexity index is 355. The zero-order chi connectivity index (χ0) is 11.3. The average Bonchev–Trinajstić information content (AvgIpc) is 2.20. The first-order chi connectivity index (χ1) is 7.13. The van der Waals surface area contributed by atoms with E-state index in [1.165, 1.54) is 0 Å². The van der Waals surface area contributed by atoms with Crippen LogP contribution >= 0.6 is 11.6 Å². The van der Waals surface area contributed by atoms with Crippen LogP contribution in [-0.2, 0) is 11.3 Å². The van der Waals surface area contributed by atoms with Crippen LogP contribution in [0.2, 0.25) is 5.02 Å². The van der Waals surface area contributed by atoms with Crippen LogP contribution in [0, 0.1) is 0 Å². The smallest absolute Gasteiger partial charge is 0.220 e. The van der Waals surface area contributed by atoms with Gasteiger partial charge in [0.1, 0.15) is 5.75 Å². The van der Waals surface area contributed by atoms with Crippen molar-refractivity contribution < 1.29 is 9.53 Å². The molecule has 0 unspecified atom stereocenters. The first kappa shape index (κ1) is 11.8. The molecule has 0 atom stereocenters. The van der Waals surface area contributed by atoms with E-state index in [9.17, 15) is 4.79 Å². The molecule has 0 saturated heterocycles. The monoisotopic (exact) mass is 228 g/mol. The van der Waals surface area contributed by atoms with E-state index >= 15 is 0 Å². The standard InChI is InChI=1S/C10H13ClN2O2/c11-8-5-7(6-12)1-2-9(8)15-4-3-10(13)14/h1-2,5H,3-4,6,12H2,(H2,13,14). The number of amides is 1. The summed E-state index contributed by atoms with van der Waals surface area (Å²) in [5.41, 5.74) is 11.4. The molecule has 0 saturated carbocycles. The zero-order valence-electron chi connectivity index (χ0n) is 8.20. The van der Waals surface area contributed by atoms with Gasteiger partial charge in [-0.1, -0.05) is 17.7 Å². The molecule has 0 spiro atoms. The molecule has 0 aliphatic rings. The van der Waals surface area contributed by atoms with Gasteiger partial charge in [-0.25, -0.2) is 0 Å². The fourth-order valence-corrected chi connectivity index (χ4v) is 1.31. The first-order valence-corrected chi connectivity index (χ1v) is 4.91. The molecular weight excluding hydrogens is 216 g/mol. The number of carbonyl (C=O) groups excluding carboxylic acids is 1. The Balaban J connectivity index is 2.58. The molecule has 1 aromatic carbocycles.